The van der Waals surface area contributed by atoms with Gasteiger partial charge in [0, 0.05) is 18.3 Å². The van der Waals surface area contributed by atoms with E-state index in [0.717, 1.165) is 5.56 Å². The predicted molar refractivity (Wildman–Crippen MR) is 72.4 cm³/mol. The standard InChI is InChI=1S/C14H16N2O4/c1-7-5-8(12(17)15-2)3-4-11(7)16-13(18)9-6-10(9)14(19)20/h3-5,9-10H,6H2,1-2H3,(H,15,17)(H,16,18)(H,19,20)/t9-,10+/m1/s1. The average Bonchev–Trinajstić information content (AvgIpc) is 3.20. The van der Waals surface area contributed by atoms with Crippen LogP contribution in [-0.4, -0.2) is 29.9 Å². The number of hydrogen-bond acceptors (Lipinski definition) is 3. The summed E-state index contributed by atoms with van der Waals surface area (Å²) in [4.78, 5) is 34.1. The van der Waals surface area contributed by atoms with E-state index in [-0.39, 0.29) is 11.8 Å². The van der Waals surface area contributed by atoms with Gasteiger partial charge in [0.05, 0.1) is 11.8 Å². The molecule has 2 rings (SSSR count). The number of anilines is 1. The second kappa shape index (κ2) is 5.32. The summed E-state index contributed by atoms with van der Waals surface area (Å²) in [6.45, 7) is 1.78. The third-order valence-corrected chi connectivity index (χ3v) is 3.42. The number of rotatable bonds is 4. The minimum Gasteiger partial charge on any atom is -0.481 e. The van der Waals surface area contributed by atoms with Gasteiger partial charge in [0.25, 0.3) is 5.91 Å². The van der Waals surface area contributed by atoms with E-state index in [0.29, 0.717) is 17.7 Å². The summed E-state index contributed by atoms with van der Waals surface area (Å²) in [6, 6.07) is 4.94. The molecule has 0 heterocycles. The number of benzene rings is 1. The monoisotopic (exact) mass is 276 g/mol. The summed E-state index contributed by atoms with van der Waals surface area (Å²) in [5, 5.41) is 14.0. The lowest BCUT2D eigenvalue weighted by molar-refractivity contribution is -0.139. The van der Waals surface area contributed by atoms with E-state index >= 15 is 0 Å². The first-order valence-electron chi connectivity index (χ1n) is 6.30. The number of carboxylic acids is 1. The highest BCUT2D eigenvalue weighted by Crippen LogP contribution is 2.39. The third-order valence-electron chi connectivity index (χ3n) is 3.42. The third kappa shape index (κ3) is 2.79. The van der Waals surface area contributed by atoms with Crippen LogP contribution in [0.1, 0.15) is 22.3 Å². The number of amides is 2. The van der Waals surface area contributed by atoms with Crippen LogP contribution in [0, 0.1) is 18.8 Å². The molecule has 0 bridgehead atoms. The van der Waals surface area contributed by atoms with Gasteiger partial charge in [-0.2, -0.15) is 0 Å². The lowest BCUT2D eigenvalue weighted by Gasteiger charge is -2.09. The number of nitrogens with one attached hydrogen (secondary N) is 2. The SMILES string of the molecule is CNC(=O)c1ccc(NC(=O)[C@@H]2C[C@@H]2C(=O)O)c(C)c1. The van der Waals surface area contributed by atoms with Crippen molar-refractivity contribution in [3.05, 3.63) is 29.3 Å². The second-order valence-corrected chi connectivity index (χ2v) is 4.89. The van der Waals surface area contributed by atoms with Gasteiger partial charge in [-0.3, -0.25) is 14.4 Å². The molecule has 2 atom stereocenters. The normalized spacial score (nSPS) is 20.1. The molecule has 0 aromatic heterocycles. The Balaban J connectivity index is 2.05. The molecule has 6 nitrogen and oxygen atoms in total. The van der Waals surface area contributed by atoms with Gasteiger partial charge in [-0.15, -0.1) is 0 Å². The molecular weight excluding hydrogens is 260 g/mol. The molecule has 1 fully saturated rings. The Kier molecular flexibility index (Phi) is 3.74. The molecule has 0 spiro atoms. The van der Waals surface area contributed by atoms with Crippen LogP contribution in [0.2, 0.25) is 0 Å². The van der Waals surface area contributed by atoms with Crippen molar-refractivity contribution in [2.24, 2.45) is 11.8 Å². The molecule has 1 aromatic carbocycles. The van der Waals surface area contributed by atoms with Gasteiger partial charge >= 0.3 is 5.97 Å². The van der Waals surface area contributed by atoms with Crippen LogP contribution in [0.5, 0.6) is 0 Å². The fourth-order valence-corrected chi connectivity index (χ4v) is 2.07. The van der Waals surface area contributed by atoms with Crippen molar-refractivity contribution in [3.63, 3.8) is 0 Å². The van der Waals surface area contributed by atoms with Crippen molar-refractivity contribution in [2.45, 2.75) is 13.3 Å². The minimum absolute atomic E-state index is 0.195. The first-order chi connectivity index (χ1) is 9.43. The van der Waals surface area contributed by atoms with E-state index in [1.54, 1.807) is 32.2 Å². The Hall–Kier alpha value is -2.37. The number of carboxylic acid groups (broad SMARTS) is 1. The Morgan fingerprint density at radius 1 is 1.25 bits per heavy atom. The van der Waals surface area contributed by atoms with Crippen molar-refractivity contribution in [1.29, 1.82) is 0 Å². The topological polar surface area (TPSA) is 95.5 Å². The quantitative estimate of drug-likeness (QED) is 0.765. The first-order valence-corrected chi connectivity index (χ1v) is 6.30. The average molecular weight is 276 g/mol. The molecule has 106 valence electrons. The van der Waals surface area contributed by atoms with Crippen molar-refractivity contribution in [3.8, 4) is 0 Å². The fraction of sp³-hybridized carbons (Fsp3) is 0.357. The van der Waals surface area contributed by atoms with E-state index in [1.165, 1.54) is 0 Å². The van der Waals surface area contributed by atoms with E-state index in [2.05, 4.69) is 10.6 Å². The highest BCUT2D eigenvalue weighted by molar-refractivity contribution is 5.99. The molecule has 1 saturated carbocycles. The Morgan fingerprint density at radius 2 is 1.95 bits per heavy atom. The largest absolute Gasteiger partial charge is 0.481 e. The lowest BCUT2D eigenvalue weighted by Crippen LogP contribution is -2.19. The van der Waals surface area contributed by atoms with Crippen molar-refractivity contribution in [2.75, 3.05) is 12.4 Å². The van der Waals surface area contributed by atoms with E-state index in [9.17, 15) is 14.4 Å². The molecule has 2 amide bonds. The van der Waals surface area contributed by atoms with Crippen molar-refractivity contribution >= 4 is 23.5 Å². The minimum atomic E-state index is -0.933. The van der Waals surface area contributed by atoms with Gasteiger partial charge in [0.15, 0.2) is 0 Å². The maximum Gasteiger partial charge on any atom is 0.307 e. The highest BCUT2D eigenvalue weighted by atomic mass is 16.4. The van der Waals surface area contributed by atoms with E-state index < -0.39 is 17.8 Å². The maximum absolute atomic E-state index is 11.9. The summed E-state index contributed by atoms with van der Waals surface area (Å²) in [6.07, 6.45) is 0.385. The zero-order valence-electron chi connectivity index (χ0n) is 11.3. The number of hydrogen-bond donors (Lipinski definition) is 3. The molecule has 3 N–H and O–H groups in total. The lowest BCUT2D eigenvalue weighted by atomic mass is 10.1. The van der Waals surface area contributed by atoms with E-state index in [4.69, 9.17) is 5.11 Å². The summed E-state index contributed by atoms with van der Waals surface area (Å²) >= 11 is 0. The van der Waals surface area contributed by atoms with Gasteiger partial charge < -0.3 is 15.7 Å². The zero-order chi connectivity index (χ0) is 14.9. The summed E-state index contributed by atoms with van der Waals surface area (Å²) < 4.78 is 0. The van der Waals surface area contributed by atoms with Crippen LogP contribution >= 0.6 is 0 Å². The Morgan fingerprint density at radius 3 is 2.45 bits per heavy atom. The molecule has 0 unspecified atom stereocenters. The molecule has 0 radical (unpaired) electrons. The molecule has 6 heteroatoms. The van der Waals surface area contributed by atoms with Gasteiger partial charge in [-0.05, 0) is 37.1 Å². The summed E-state index contributed by atoms with van der Waals surface area (Å²) in [5.74, 6) is -2.44. The number of aliphatic carboxylic acids is 1. The Labute approximate surface area is 116 Å². The highest BCUT2D eigenvalue weighted by Gasteiger charge is 2.48. The molecule has 1 aliphatic rings. The van der Waals surface area contributed by atoms with Crippen molar-refractivity contribution < 1.29 is 19.5 Å². The molecule has 1 aromatic rings. The van der Waals surface area contributed by atoms with Gasteiger partial charge in [-0.25, -0.2) is 0 Å². The smallest absolute Gasteiger partial charge is 0.307 e. The van der Waals surface area contributed by atoms with Crippen LogP contribution in [0.15, 0.2) is 18.2 Å². The van der Waals surface area contributed by atoms with Crippen LogP contribution in [0.3, 0.4) is 0 Å². The van der Waals surface area contributed by atoms with Crippen LogP contribution < -0.4 is 10.6 Å². The molecule has 20 heavy (non-hydrogen) atoms. The van der Waals surface area contributed by atoms with Crippen LogP contribution in [-0.2, 0) is 9.59 Å². The first kappa shape index (κ1) is 14.0. The summed E-state index contributed by atoms with van der Waals surface area (Å²) in [7, 11) is 1.55. The summed E-state index contributed by atoms with van der Waals surface area (Å²) in [5.41, 5.74) is 1.86. The second-order valence-electron chi connectivity index (χ2n) is 4.89. The zero-order valence-corrected chi connectivity index (χ0v) is 11.3. The van der Waals surface area contributed by atoms with Gasteiger partial charge in [0.1, 0.15) is 0 Å². The van der Waals surface area contributed by atoms with Crippen LogP contribution in [0.4, 0.5) is 5.69 Å². The number of carbonyl (C=O) groups is 3. The van der Waals surface area contributed by atoms with E-state index in [1.807, 2.05) is 0 Å². The van der Waals surface area contributed by atoms with Gasteiger partial charge in [-0.1, -0.05) is 0 Å². The fourth-order valence-electron chi connectivity index (χ4n) is 2.07. The molecule has 0 aliphatic heterocycles. The van der Waals surface area contributed by atoms with Gasteiger partial charge in [0.2, 0.25) is 5.91 Å². The molecular formula is C14H16N2O4. The number of aryl methyl sites for hydroxylation is 1. The predicted octanol–water partition coefficient (Wildman–Crippen LogP) is 1.01. The number of carbonyl (C=O) groups excluding carboxylic acids is 2. The van der Waals surface area contributed by atoms with Crippen molar-refractivity contribution in [1.82, 2.24) is 5.32 Å². The van der Waals surface area contributed by atoms with Crippen LogP contribution in [0.25, 0.3) is 0 Å². The maximum atomic E-state index is 11.9. The molecule has 1 aliphatic carbocycles. The Bertz CT molecular complexity index is 583. The molecule has 0 saturated heterocycles.